The summed E-state index contributed by atoms with van der Waals surface area (Å²) < 4.78 is 55.6. The molecule has 0 aromatic carbocycles. The van der Waals surface area contributed by atoms with Crippen molar-refractivity contribution in [2.45, 2.75) is 149 Å². The summed E-state index contributed by atoms with van der Waals surface area (Å²) in [5, 5.41) is 0. The Morgan fingerprint density at radius 1 is 0.545 bits per heavy atom. The molecule has 0 N–H and O–H groups in total. The summed E-state index contributed by atoms with van der Waals surface area (Å²) in [5.74, 6) is -7.44. The van der Waals surface area contributed by atoms with Gasteiger partial charge in [-0.15, -0.1) is 0 Å². The van der Waals surface area contributed by atoms with Gasteiger partial charge in [0.05, 0.1) is 0 Å². The molecule has 0 atom stereocenters. The van der Waals surface area contributed by atoms with Gasteiger partial charge >= 0.3 is 208 Å². The molecule has 0 spiro atoms. The number of hydrogen-bond donors (Lipinski definition) is 0. The maximum atomic E-state index is 14.5. The summed E-state index contributed by atoms with van der Waals surface area (Å²) in [5.41, 5.74) is 0. The van der Waals surface area contributed by atoms with Gasteiger partial charge < -0.3 is 0 Å². The number of hydrogen-bond acceptors (Lipinski definition) is 0. The molecule has 0 fully saturated rings. The quantitative estimate of drug-likeness (QED) is 0.0674. The average molecular weight is 521 g/mol. The van der Waals surface area contributed by atoms with E-state index in [0.29, 0.717) is 18.5 Å². The molecule has 0 aliphatic carbocycles. The van der Waals surface area contributed by atoms with Crippen molar-refractivity contribution in [2.75, 3.05) is 24.6 Å². The van der Waals surface area contributed by atoms with Gasteiger partial charge in [0, 0.05) is 0 Å². The van der Waals surface area contributed by atoms with E-state index in [-0.39, 0.29) is 0 Å². The Hall–Kier alpha value is 0.440. The van der Waals surface area contributed by atoms with E-state index in [4.69, 9.17) is 11.2 Å². The molecule has 33 heavy (non-hydrogen) atoms. The van der Waals surface area contributed by atoms with E-state index in [9.17, 15) is 17.6 Å². The number of halogens is 5. The fourth-order valence-corrected chi connectivity index (χ4v) is 12.0. The maximum absolute atomic E-state index is 14.5. The first-order valence-corrected chi connectivity index (χ1v) is 17.9. The molecule has 0 aliphatic rings. The summed E-state index contributed by atoms with van der Waals surface area (Å²) >= 11 is 7.36. The second-order valence-electron chi connectivity index (χ2n) is 10.5. The molecule has 0 saturated carbocycles. The molecule has 0 amide bonds. The van der Waals surface area contributed by atoms with Gasteiger partial charge in [0.15, 0.2) is 0 Å². The third-order valence-corrected chi connectivity index (χ3v) is 14.5. The molecule has 202 valence electrons. The SMILES string of the molecule is CCCCCCCCP(Cl)(CCCCCCCC)(CCCCCCCC)CC(F)(F)C(F)F. The van der Waals surface area contributed by atoms with Gasteiger partial charge in [0.25, 0.3) is 0 Å². The molecule has 0 nitrogen and oxygen atoms in total. The molecule has 0 aromatic heterocycles. The normalized spacial score (nSPS) is 14.0. The molecule has 6 heteroatoms. The standard InChI is InChI=1S/C27H54ClF4P/c1-4-7-10-13-16-19-22-33(28,25-27(31,32)26(29)30,23-20-17-14-11-8-5-2)24-21-18-15-12-9-6-3/h26H,4-25H2,1-3H3. The van der Waals surface area contributed by atoms with Crippen LogP contribution in [0.3, 0.4) is 0 Å². The van der Waals surface area contributed by atoms with E-state index < -0.39 is 24.5 Å². The summed E-state index contributed by atoms with van der Waals surface area (Å²) in [7, 11) is 0. The van der Waals surface area contributed by atoms with Crippen molar-refractivity contribution in [3.8, 4) is 0 Å². The first-order valence-electron chi connectivity index (χ1n) is 14.0. The monoisotopic (exact) mass is 520 g/mol. The van der Waals surface area contributed by atoms with Crippen molar-refractivity contribution in [2.24, 2.45) is 0 Å². The summed E-state index contributed by atoms with van der Waals surface area (Å²) in [6.45, 7) is 6.50. The molecular formula is C27H54ClF4P. The molecule has 0 saturated heterocycles. The number of unbranched alkanes of at least 4 members (excludes halogenated alkanes) is 15. The predicted molar refractivity (Wildman–Crippen MR) is 143 cm³/mol. The van der Waals surface area contributed by atoms with Crippen LogP contribution in [0.15, 0.2) is 0 Å². The Balaban J connectivity index is 5.32. The summed E-state index contributed by atoms with van der Waals surface area (Å²) in [6.07, 6.45) is 16.3. The van der Waals surface area contributed by atoms with Crippen LogP contribution >= 0.6 is 17.2 Å². The zero-order valence-corrected chi connectivity index (χ0v) is 23.6. The number of rotatable bonds is 24. The van der Waals surface area contributed by atoms with Crippen molar-refractivity contribution < 1.29 is 17.6 Å². The zero-order valence-electron chi connectivity index (χ0n) is 22.0. The van der Waals surface area contributed by atoms with Crippen molar-refractivity contribution in [3.63, 3.8) is 0 Å². The van der Waals surface area contributed by atoms with Gasteiger partial charge in [0.1, 0.15) is 0 Å². The van der Waals surface area contributed by atoms with Crippen LogP contribution in [0.2, 0.25) is 0 Å². The van der Waals surface area contributed by atoms with E-state index in [1.54, 1.807) is 0 Å². The molecule has 0 aliphatic heterocycles. The van der Waals surface area contributed by atoms with Crippen molar-refractivity contribution in [1.82, 2.24) is 0 Å². The van der Waals surface area contributed by atoms with Gasteiger partial charge in [-0.05, 0) is 0 Å². The van der Waals surface area contributed by atoms with Gasteiger partial charge in [-0.3, -0.25) is 0 Å². The second-order valence-corrected chi connectivity index (χ2v) is 18.7. The van der Waals surface area contributed by atoms with Crippen LogP contribution in [0.1, 0.15) is 136 Å². The third kappa shape index (κ3) is 15.9. The van der Waals surface area contributed by atoms with Gasteiger partial charge in [0.2, 0.25) is 0 Å². The van der Waals surface area contributed by atoms with Gasteiger partial charge in [-0.2, -0.15) is 0 Å². The Morgan fingerprint density at radius 2 is 0.818 bits per heavy atom. The number of alkyl halides is 4. The fourth-order valence-electron chi connectivity index (χ4n) is 5.03. The molecule has 0 aromatic rings. The van der Waals surface area contributed by atoms with Crippen LogP contribution in [-0.4, -0.2) is 37.0 Å². The Morgan fingerprint density at radius 3 is 1.09 bits per heavy atom. The molecule has 0 radical (unpaired) electrons. The fraction of sp³-hybridized carbons (Fsp3) is 1.00. The summed E-state index contributed by atoms with van der Waals surface area (Å²) in [4.78, 5) is 0. The van der Waals surface area contributed by atoms with Crippen LogP contribution in [0.25, 0.3) is 0 Å². The topological polar surface area (TPSA) is 0 Å². The average Bonchev–Trinajstić information content (AvgIpc) is 2.75. The predicted octanol–water partition coefficient (Wildman–Crippen LogP) is 11.7. The minimum atomic E-state index is -3.98. The molecule has 0 bridgehead atoms. The van der Waals surface area contributed by atoms with Gasteiger partial charge in [-0.1, -0.05) is 0 Å². The second kappa shape index (κ2) is 18.7. The molecular weight excluding hydrogens is 467 g/mol. The van der Waals surface area contributed by atoms with E-state index in [1.807, 2.05) is 0 Å². The van der Waals surface area contributed by atoms with Crippen LogP contribution < -0.4 is 0 Å². The van der Waals surface area contributed by atoms with Crippen LogP contribution in [0, 0.1) is 0 Å². The van der Waals surface area contributed by atoms with Crippen LogP contribution in [-0.2, 0) is 0 Å². The third-order valence-electron chi connectivity index (χ3n) is 7.14. The van der Waals surface area contributed by atoms with Crippen LogP contribution in [0.5, 0.6) is 0 Å². The van der Waals surface area contributed by atoms with E-state index >= 15 is 0 Å². The van der Waals surface area contributed by atoms with Crippen molar-refractivity contribution in [1.29, 1.82) is 0 Å². The zero-order chi connectivity index (χ0) is 25.1. The van der Waals surface area contributed by atoms with Gasteiger partial charge in [-0.25, -0.2) is 0 Å². The minimum absolute atomic E-state index is 0.547. The molecule has 0 heterocycles. The van der Waals surface area contributed by atoms with Crippen molar-refractivity contribution in [3.05, 3.63) is 0 Å². The Bertz CT molecular complexity index is 416. The molecule has 0 unspecified atom stereocenters. The summed E-state index contributed by atoms with van der Waals surface area (Å²) in [6, 6.07) is 0. The first kappa shape index (κ1) is 33.4. The van der Waals surface area contributed by atoms with E-state index in [1.165, 1.54) is 19.3 Å². The Labute approximate surface area is 208 Å². The van der Waals surface area contributed by atoms with E-state index in [2.05, 4.69) is 20.8 Å². The molecule has 0 rings (SSSR count). The van der Waals surface area contributed by atoms with E-state index in [0.717, 1.165) is 96.3 Å². The van der Waals surface area contributed by atoms with Crippen LogP contribution in [0.4, 0.5) is 17.6 Å². The Kier molecular flexibility index (Phi) is 18.9. The van der Waals surface area contributed by atoms with Crippen molar-refractivity contribution >= 4 is 17.2 Å². The first-order chi connectivity index (χ1) is 15.6.